The predicted octanol–water partition coefficient (Wildman–Crippen LogP) is 4.13. The highest BCUT2D eigenvalue weighted by molar-refractivity contribution is 9.10. The molecule has 0 aliphatic carbocycles. The molecule has 2 nitrogen and oxygen atoms in total. The minimum Gasteiger partial charge on any atom is -0.348 e. The number of halogens is 3. The molecule has 0 saturated carbocycles. The molecule has 1 aromatic rings. The lowest BCUT2D eigenvalue weighted by molar-refractivity contribution is 0.0936. The fourth-order valence-electron chi connectivity index (χ4n) is 1.67. The maximum Gasteiger partial charge on any atom is 0.252 e. The van der Waals surface area contributed by atoms with Crippen molar-refractivity contribution in [1.29, 1.82) is 0 Å². The van der Waals surface area contributed by atoms with Crippen molar-refractivity contribution in [3.05, 3.63) is 34.1 Å². The Hall–Kier alpha value is -0.420. The quantitative estimate of drug-likeness (QED) is 0.764. The van der Waals surface area contributed by atoms with Crippen LogP contribution in [0.2, 0.25) is 0 Å². The van der Waals surface area contributed by atoms with Gasteiger partial charge in [-0.15, -0.1) is 0 Å². The van der Waals surface area contributed by atoms with Gasteiger partial charge in [0, 0.05) is 11.4 Å². The van der Waals surface area contributed by atoms with Crippen LogP contribution in [0.4, 0.5) is 4.39 Å². The zero-order valence-corrected chi connectivity index (χ0v) is 13.5. The highest BCUT2D eigenvalue weighted by Crippen LogP contribution is 2.20. The molecular formula is C13H16Br2FNO. The Morgan fingerprint density at radius 1 is 1.44 bits per heavy atom. The fourth-order valence-corrected chi connectivity index (χ4v) is 2.54. The molecule has 0 heterocycles. The summed E-state index contributed by atoms with van der Waals surface area (Å²) in [6, 6.07) is 4.49. The number of amides is 1. The Balaban J connectivity index is 2.78. The summed E-state index contributed by atoms with van der Waals surface area (Å²) in [5.74, 6) is -0.197. The largest absolute Gasteiger partial charge is 0.348 e. The SMILES string of the molecule is CC(C)CC(CBr)NC(=O)c1cccc(F)c1Br. The van der Waals surface area contributed by atoms with Gasteiger partial charge in [0.05, 0.1) is 10.0 Å². The molecule has 1 amide bonds. The summed E-state index contributed by atoms with van der Waals surface area (Å²) >= 11 is 6.47. The van der Waals surface area contributed by atoms with E-state index in [-0.39, 0.29) is 16.4 Å². The van der Waals surface area contributed by atoms with Crippen molar-refractivity contribution in [2.45, 2.75) is 26.3 Å². The number of nitrogens with one attached hydrogen (secondary N) is 1. The smallest absolute Gasteiger partial charge is 0.252 e. The number of alkyl halides is 1. The Kier molecular flexibility index (Phi) is 6.29. The Morgan fingerprint density at radius 3 is 2.67 bits per heavy atom. The third kappa shape index (κ3) is 4.35. The van der Waals surface area contributed by atoms with Crippen LogP contribution < -0.4 is 5.32 Å². The van der Waals surface area contributed by atoms with Gasteiger partial charge in [-0.25, -0.2) is 4.39 Å². The van der Waals surface area contributed by atoms with Gasteiger partial charge in [0.15, 0.2) is 0 Å². The highest BCUT2D eigenvalue weighted by Gasteiger charge is 2.17. The maximum absolute atomic E-state index is 13.3. The lowest BCUT2D eigenvalue weighted by Crippen LogP contribution is -2.37. The number of hydrogen-bond donors (Lipinski definition) is 1. The highest BCUT2D eigenvalue weighted by atomic mass is 79.9. The van der Waals surface area contributed by atoms with Crippen molar-refractivity contribution in [2.24, 2.45) is 5.92 Å². The van der Waals surface area contributed by atoms with E-state index in [9.17, 15) is 9.18 Å². The molecule has 1 aromatic carbocycles. The van der Waals surface area contributed by atoms with E-state index in [2.05, 4.69) is 51.0 Å². The molecule has 100 valence electrons. The standard InChI is InChI=1S/C13H16Br2FNO/c1-8(2)6-9(7-14)17-13(18)10-4-3-5-11(16)12(10)15/h3-5,8-9H,6-7H2,1-2H3,(H,17,18). The fraction of sp³-hybridized carbons (Fsp3) is 0.462. The average molecular weight is 381 g/mol. The number of carbonyl (C=O) groups excluding carboxylic acids is 1. The van der Waals surface area contributed by atoms with Gasteiger partial charge in [0.2, 0.25) is 0 Å². The number of rotatable bonds is 5. The van der Waals surface area contributed by atoms with Crippen molar-refractivity contribution in [3.8, 4) is 0 Å². The van der Waals surface area contributed by atoms with E-state index in [0.717, 1.165) is 6.42 Å². The summed E-state index contributed by atoms with van der Waals surface area (Å²) in [4.78, 5) is 12.0. The maximum atomic E-state index is 13.3. The molecule has 1 unspecified atom stereocenters. The first-order valence-corrected chi connectivity index (χ1v) is 7.68. The van der Waals surface area contributed by atoms with E-state index in [1.807, 2.05) is 0 Å². The van der Waals surface area contributed by atoms with Crippen molar-refractivity contribution in [2.75, 3.05) is 5.33 Å². The van der Waals surface area contributed by atoms with Gasteiger partial charge in [0.1, 0.15) is 5.82 Å². The molecule has 1 rings (SSSR count). The predicted molar refractivity (Wildman–Crippen MR) is 78.6 cm³/mol. The van der Waals surface area contributed by atoms with Crippen LogP contribution in [0.25, 0.3) is 0 Å². The van der Waals surface area contributed by atoms with Crippen molar-refractivity contribution in [3.63, 3.8) is 0 Å². The Labute approximate surface area is 124 Å². The molecule has 0 bridgehead atoms. The monoisotopic (exact) mass is 379 g/mol. The summed E-state index contributed by atoms with van der Waals surface area (Å²) in [5, 5.41) is 3.58. The molecule has 0 aliphatic rings. The van der Waals surface area contributed by atoms with Crippen molar-refractivity contribution in [1.82, 2.24) is 5.32 Å². The first-order chi connectivity index (χ1) is 8.45. The zero-order valence-electron chi connectivity index (χ0n) is 10.3. The van der Waals surface area contributed by atoms with Gasteiger partial charge in [-0.05, 0) is 40.4 Å². The zero-order chi connectivity index (χ0) is 13.7. The molecule has 5 heteroatoms. The second-order valence-corrected chi connectivity index (χ2v) is 6.00. The second-order valence-electron chi connectivity index (χ2n) is 4.56. The van der Waals surface area contributed by atoms with E-state index < -0.39 is 5.82 Å². The molecule has 0 fully saturated rings. The van der Waals surface area contributed by atoms with Gasteiger partial charge in [0.25, 0.3) is 5.91 Å². The van der Waals surface area contributed by atoms with Gasteiger partial charge >= 0.3 is 0 Å². The van der Waals surface area contributed by atoms with Crippen LogP contribution in [0.5, 0.6) is 0 Å². The van der Waals surface area contributed by atoms with E-state index >= 15 is 0 Å². The second kappa shape index (κ2) is 7.24. The van der Waals surface area contributed by atoms with Crippen LogP contribution in [0.3, 0.4) is 0 Å². The lowest BCUT2D eigenvalue weighted by atomic mass is 10.0. The molecule has 0 radical (unpaired) electrons. The van der Waals surface area contributed by atoms with Crippen LogP contribution in [0.1, 0.15) is 30.6 Å². The summed E-state index contributed by atoms with van der Waals surface area (Å²) in [5.41, 5.74) is 0.324. The lowest BCUT2D eigenvalue weighted by Gasteiger charge is -2.18. The summed E-state index contributed by atoms with van der Waals surface area (Å²) in [7, 11) is 0. The molecular weight excluding hydrogens is 365 g/mol. The normalized spacial score (nSPS) is 12.6. The Bertz CT molecular complexity index is 423. The van der Waals surface area contributed by atoms with E-state index in [1.54, 1.807) is 6.07 Å². The molecule has 18 heavy (non-hydrogen) atoms. The van der Waals surface area contributed by atoms with E-state index in [0.29, 0.717) is 16.8 Å². The molecule has 1 N–H and O–H groups in total. The van der Waals surface area contributed by atoms with Crippen molar-refractivity contribution >= 4 is 37.8 Å². The van der Waals surface area contributed by atoms with E-state index in [1.165, 1.54) is 12.1 Å². The van der Waals surface area contributed by atoms with Crippen LogP contribution in [-0.4, -0.2) is 17.3 Å². The average Bonchev–Trinajstić information content (AvgIpc) is 2.31. The minimum atomic E-state index is -0.429. The molecule has 0 spiro atoms. The van der Waals surface area contributed by atoms with Gasteiger partial charge < -0.3 is 5.32 Å². The number of benzene rings is 1. The van der Waals surface area contributed by atoms with E-state index in [4.69, 9.17) is 0 Å². The minimum absolute atomic E-state index is 0.0488. The van der Waals surface area contributed by atoms with Crippen LogP contribution in [0, 0.1) is 11.7 Å². The Morgan fingerprint density at radius 2 is 2.11 bits per heavy atom. The summed E-state index contributed by atoms with van der Waals surface area (Å²) in [6.45, 7) is 4.19. The third-order valence-electron chi connectivity index (χ3n) is 2.47. The molecule has 0 aromatic heterocycles. The van der Waals surface area contributed by atoms with Crippen LogP contribution in [-0.2, 0) is 0 Å². The molecule has 0 aliphatic heterocycles. The van der Waals surface area contributed by atoms with Crippen LogP contribution >= 0.6 is 31.9 Å². The third-order valence-corrected chi connectivity index (χ3v) is 4.06. The first-order valence-electron chi connectivity index (χ1n) is 5.76. The van der Waals surface area contributed by atoms with Gasteiger partial charge in [-0.1, -0.05) is 35.8 Å². The number of hydrogen-bond acceptors (Lipinski definition) is 1. The first kappa shape index (κ1) is 15.6. The van der Waals surface area contributed by atoms with Gasteiger partial charge in [-0.2, -0.15) is 0 Å². The number of carbonyl (C=O) groups is 1. The topological polar surface area (TPSA) is 29.1 Å². The van der Waals surface area contributed by atoms with Crippen LogP contribution in [0.15, 0.2) is 22.7 Å². The summed E-state index contributed by atoms with van der Waals surface area (Å²) in [6.07, 6.45) is 0.879. The molecule has 0 saturated heterocycles. The summed E-state index contributed by atoms with van der Waals surface area (Å²) < 4.78 is 13.5. The van der Waals surface area contributed by atoms with Gasteiger partial charge in [-0.3, -0.25) is 4.79 Å². The van der Waals surface area contributed by atoms with Crippen molar-refractivity contribution < 1.29 is 9.18 Å². The molecule has 1 atom stereocenters.